The first-order valence-electron chi connectivity index (χ1n) is 11.2. The van der Waals surface area contributed by atoms with Gasteiger partial charge in [0, 0.05) is 12.2 Å². The molecule has 0 fully saturated rings. The van der Waals surface area contributed by atoms with Crippen molar-refractivity contribution >= 4 is 17.6 Å². The number of nitrogens with one attached hydrogen (secondary N) is 1. The van der Waals surface area contributed by atoms with Gasteiger partial charge in [-0.3, -0.25) is 0 Å². The van der Waals surface area contributed by atoms with Gasteiger partial charge in [0.05, 0.1) is 5.69 Å². The number of benzene rings is 1. The molecule has 0 aromatic heterocycles. The Balaban J connectivity index is 2.49. The van der Waals surface area contributed by atoms with Crippen LogP contribution >= 0.6 is 0 Å². The number of phenolic OH excluding ortho intramolecular Hbond substituents is 1. The maximum atomic E-state index is 11.8. The summed E-state index contributed by atoms with van der Waals surface area (Å²) in [7, 11) is 0. The third-order valence-corrected chi connectivity index (χ3v) is 4.37. The molecule has 0 radical (unpaired) electrons. The minimum Gasteiger partial charge on any atom is -0.508 e. The Morgan fingerprint density at radius 3 is 1.61 bits per heavy atom. The molecule has 1 rings (SSSR count). The fourth-order valence-corrected chi connectivity index (χ4v) is 2.42. The SMILES string of the molecule is CC(=C/C=C/C(C)=C/C=C/C=C(C)/C=C/C=C(C)/C=C/C(=O)ONc1ccc(O)cc1)/C=C/C(=O)O. The molecular formula is C30H33NO5. The van der Waals surface area contributed by atoms with Gasteiger partial charge in [-0.1, -0.05) is 95.2 Å². The Labute approximate surface area is 213 Å². The van der Waals surface area contributed by atoms with Gasteiger partial charge in [0.1, 0.15) is 5.75 Å². The highest BCUT2D eigenvalue weighted by Crippen LogP contribution is 2.13. The summed E-state index contributed by atoms with van der Waals surface area (Å²) in [6.07, 6.45) is 24.9. The zero-order valence-electron chi connectivity index (χ0n) is 21.0. The molecule has 1 aromatic rings. The van der Waals surface area contributed by atoms with Crippen LogP contribution in [-0.4, -0.2) is 22.2 Å². The van der Waals surface area contributed by atoms with E-state index in [4.69, 9.17) is 9.94 Å². The molecule has 1 aromatic carbocycles. The Hall–Kier alpha value is -4.58. The van der Waals surface area contributed by atoms with E-state index >= 15 is 0 Å². The number of phenols is 1. The number of carboxylic acids is 1. The molecule has 0 spiro atoms. The van der Waals surface area contributed by atoms with E-state index < -0.39 is 11.9 Å². The summed E-state index contributed by atoms with van der Waals surface area (Å²) < 4.78 is 0. The predicted molar refractivity (Wildman–Crippen MR) is 146 cm³/mol. The van der Waals surface area contributed by atoms with E-state index in [1.807, 2.05) is 88.5 Å². The summed E-state index contributed by atoms with van der Waals surface area (Å²) in [5.74, 6) is -1.37. The standard InChI is InChI=1S/C30H33NO5/c1-23(11-7-13-25(3)15-21-29(33)34)9-5-6-10-24(2)12-8-14-26(4)16-22-30(35)36-31-27-17-19-28(32)20-18-27/h5-22,31-32H,1-4H3,(H,33,34)/b6-5+,11-7+,12-8+,21-15+,22-16+,23-9+,24-10+,25-13-,26-14+. The van der Waals surface area contributed by atoms with Crippen molar-refractivity contribution in [3.05, 3.63) is 132 Å². The number of carboxylic acid groups (broad SMARTS) is 1. The molecule has 0 bridgehead atoms. The lowest BCUT2D eigenvalue weighted by Gasteiger charge is -2.04. The quantitative estimate of drug-likeness (QED) is 0.128. The second-order valence-corrected chi connectivity index (χ2v) is 7.82. The molecule has 0 saturated heterocycles. The first-order valence-corrected chi connectivity index (χ1v) is 11.2. The first kappa shape index (κ1) is 29.5. The van der Waals surface area contributed by atoms with Crippen LogP contribution in [-0.2, 0) is 14.4 Å². The van der Waals surface area contributed by atoms with Crippen LogP contribution in [0.3, 0.4) is 0 Å². The van der Waals surface area contributed by atoms with Crippen molar-refractivity contribution < 1.29 is 24.6 Å². The molecule has 0 atom stereocenters. The zero-order valence-corrected chi connectivity index (χ0v) is 21.0. The molecule has 0 heterocycles. The molecule has 3 N–H and O–H groups in total. The van der Waals surface area contributed by atoms with Crippen LogP contribution in [0, 0.1) is 0 Å². The van der Waals surface area contributed by atoms with Crippen LogP contribution in [0.4, 0.5) is 5.69 Å². The van der Waals surface area contributed by atoms with E-state index in [0.717, 1.165) is 28.4 Å². The Bertz CT molecular complexity index is 1150. The predicted octanol–water partition coefficient (Wildman–Crippen LogP) is 6.91. The van der Waals surface area contributed by atoms with Crippen LogP contribution < -0.4 is 5.48 Å². The summed E-state index contributed by atoms with van der Waals surface area (Å²) >= 11 is 0. The maximum absolute atomic E-state index is 11.8. The number of rotatable bonds is 12. The number of hydrogen-bond donors (Lipinski definition) is 3. The topological polar surface area (TPSA) is 95.9 Å². The molecule has 0 amide bonds. The van der Waals surface area contributed by atoms with Crippen molar-refractivity contribution in [2.24, 2.45) is 0 Å². The third-order valence-electron chi connectivity index (χ3n) is 4.37. The van der Waals surface area contributed by atoms with Gasteiger partial charge >= 0.3 is 11.9 Å². The molecule has 36 heavy (non-hydrogen) atoms. The minimum atomic E-state index is -0.965. The van der Waals surface area contributed by atoms with Gasteiger partial charge in [-0.05, 0) is 52.0 Å². The zero-order chi connectivity index (χ0) is 26.8. The second kappa shape index (κ2) is 16.9. The summed E-state index contributed by atoms with van der Waals surface area (Å²) in [5.41, 5.74) is 6.92. The van der Waals surface area contributed by atoms with E-state index in [0.29, 0.717) is 5.69 Å². The van der Waals surface area contributed by atoms with Gasteiger partial charge < -0.3 is 15.1 Å². The Morgan fingerprint density at radius 2 is 1.11 bits per heavy atom. The van der Waals surface area contributed by atoms with Gasteiger partial charge in [0.2, 0.25) is 0 Å². The maximum Gasteiger partial charge on any atom is 0.355 e. The van der Waals surface area contributed by atoms with Crippen molar-refractivity contribution in [3.8, 4) is 5.75 Å². The van der Waals surface area contributed by atoms with E-state index in [1.165, 1.54) is 18.2 Å². The molecular weight excluding hydrogens is 454 g/mol. The van der Waals surface area contributed by atoms with E-state index in [-0.39, 0.29) is 5.75 Å². The van der Waals surface area contributed by atoms with E-state index in [2.05, 4.69) is 5.48 Å². The molecule has 0 aliphatic heterocycles. The number of anilines is 1. The lowest BCUT2D eigenvalue weighted by Crippen LogP contribution is -2.07. The monoisotopic (exact) mass is 487 g/mol. The average molecular weight is 488 g/mol. The number of allylic oxidation sites excluding steroid dienone is 16. The number of carbonyl (C=O) groups is 2. The normalized spacial score (nSPS) is 14.1. The van der Waals surface area contributed by atoms with Crippen molar-refractivity contribution in [2.45, 2.75) is 27.7 Å². The van der Waals surface area contributed by atoms with E-state index in [1.54, 1.807) is 24.3 Å². The van der Waals surface area contributed by atoms with Crippen LogP contribution in [0.2, 0.25) is 0 Å². The molecule has 0 saturated carbocycles. The fraction of sp³-hybridized carbons (Fsp3) is 0.133. The lowest BCUT2D eigenvalue weighted by atomic mass is 10.2. The Kier molecular flexibility index (Phi) is 13.9. The van der Waals surface area contributed by atoms with Gasteiger partial charge in [-0.25, -0.2) is 15.1 Å². The largest absolute Gasteiger partial charge is 0.508 e. The third kappa shape index (κ3) is 15.3. The highest BCUT2D eigenvalue weighted by atomic mass is 16.7. The fourth-order valence-electron chi connectivity index (χ4n) is 2.42. The number of carbonyl (C=O) groups excluding carboxylic acids is 1. The first-order chi connectivity index (χ1) is 17.2. The molecule has 6 heteroatoms. The van der Waals surface area contributed by atoms with Gasteiger partial charge in [0.15, 0.2) is 0 Å². The molecule has 0 aliphatic carbocycles. The average Bonchev–Trinajstić information content (AvgIpc) is 2.83. The highest BCUT2D eigenvalue weighted by Gasteiger charge is 1.98. The van der Waals surface area contributed by atoms with Crippen molar-refractivity contribution in [1.29, 1.82) is 0 Å². The molecule has 0 aliphatic rings. The molecule has 6 nitrogen and oxygen atoms in total. The summed E-state index contributed by atoms with van der Waals surface area (Å²) in [4.78, 5) is 27.2. The van der Waals surface area contributed by atoms with Gasteiger partial charge in [0.25, 0.3) is 0 Å². The van der Waals surface area contributed by atoms with Gasteiger partial charge in [-0.15, -0.1) is 0 Å². The number of aliphatic carboxylic acids is 1. The summed E-state index contributed by atoms with van der Waals surface area (Å²) in [6.45, 7) is 7.68. The smallest absolute Gasteiger partial charge is 0.355 e. The van der Waals surface area contributed by atoms with Crippen molar-refractivity contribution in [3.63, 3.8) is 0 Å². The van der Waals surface area contributed by atoms with Crippen LogP contribution in [0.1, 0.15) is 27.7 Å². The number of aromatic hydroxyl groups is 1. The Morgan fingerprint density at radius 1 is 0.667 bits per heavy atom. The van der Waals surface area contributed by atoms with Gasteiger partial charge in [-0.2, -0.15) is 0 Å². The lowest BCUT2D eigenvalue weighted by molar-refractivity contribution is -0.135. The molecule has 188 valence electrons. The van der Waals surface area contributed by atoms with Crippen LogP contribution in [0.5, 0.6) is 5.75 Å². The number of hydrogen-bond acceptors (Lipinski definition) is 5. The summed E-state index contributed by atoms with van der Waals surface area (Å²) in [5, 5.41) is 17.9. The van der Waals surface area contributed by atoms with Crippen LogP contribution in [0.15, 0.2) is 132 Å². The van der Waals surface area contributed by atoms with E-state index in [9.17, 15) is 14.7 Å². The van der Waals surface area contributed by atoms with Crippen LogP contribution in [0.25, 0.3) is 0 Å². The second-order valence-electron chi connectivity index (χ2n) is 7.82. The molecule has 0 unspecified atom stereocenters. The highest BCUT2D eigenvalue weighted by molar-refractivity contribution is 5.83. The van der Waals surface area contributed by atoms with Crippen molar-refractivity contribution in [2.75, 3.05) is 5.48 Å². The van der Waals surface area contributed by atoms with Crippen molar-refractivity contribution in [1.82, 2.24) is 0 Å². The minimum absolute atomic E-state index is 0.131. The summed E-state index contributed by atoms with van der Waals surface area (Å²) in [6, 6.07) is 6.16.